The van der Waals surface area contributed by atoms with Gasteiger partial charge in [0.05, 0.1) is 29.5 Å². The molecule has 0 bridgehead atoms. The lowest BCUT2D eigenvalue weighted by Crippen LogP contribution is -2.41. The molecule has 0 aliphatic heterocycles. The molecule has 1 fully saturated rings. The molecule has 2 aromatic heterocycles. The first kappa shape index (κ1) is 17.0. The summed E-state index contributed by atoms with van der Waals surface area (Å²) in [6, 6.07) is -0.247. The lowest BCUT2D eigenvalue weighted by atomic mass is 9.75. The van der Waals surface area contributed by atoms with Gasteiger partial charge in [0.1, 0.15) is 11.5 Å². The number of Topliss-reactive ketones (excluding diaryl/α,β-unsaturated/α-hetero) is 1. The average molecular weight is 357 g/mol. The van der Waals surface area contributed by atoms with Gasteiger partial charge in [0.15, 0.2) is 5.78 Å². The van der Waals surface area contributed by atoms with Gasteiger partial charge in [-0.2, -0.15) is 5.10 Å². The second-order valence-electron chi connectivity index (χ2n) is 7.39. The van der Waals surface area contributed by atoms with Gasteiger partial charge in [-0.05, 0) is 32.1 Å². The maximum absolute atomic E-state index is 13.0. The summed E-state index contributed by atoms with van der Waals surface area (Å²) in [5, 5.41) is 16.9. The van der Waals surface area contributed by atoms with Crippen molar-refractivity contribution in [2.75, 3.05) is 0 Å². The number of carbonyl (C=O) groups is 2. The zero-order chi connectivity index (χ0) is 18.4. The number of fused-ring (bicyclic) bond motifs is 1. The van der Waals surface area contributed by atoms with Crippen molar-refractivity contribution in [1.29, 1.82) is 0 Å². The van der Waals surface area contributed by atoms with Gasteiger partial charge >= 0.3 is 0 Å². The van der Waals surface area contributed by atoms with Crippen LogP contribution < -0.4 is 5.32 Å². The lowest BCUT2D eigenvalue weighted by Gasteiger charge is -2.37. The van der Waals surface area contributed by atoms with Crippen molar-refractivity contribution in [2.45, 2.75) is 51.2 Å². The number of aryl methyl sites for hydroxylation is 3. The summed E-state index contributed by atoms with van der Waals surface area (Å²) in [7, 11) is 1.83. The van der Waals surface area contributed by atoms with Crippen molar-refractivity contribution >= 4 is 11.7 Å². The predicted molar refractivity (Wildman–Crippen MR) is 92.9 cm³/mol. The molecule has 2 aliphatic carbocycles. The minimum absolute atomic E-state index is 0.0229. The Bertz CT molecular complexity index is 860. The number of ketones is 1. The van der Waals surface area contributed by atoms with E-state index in [2.05, 4.69) is 10.4 Å². The van der Waals surface area contributed by atoms with E-state index >= 15 is 0 Å². The molecule has 1 amide bonds. The van der Waals surface area contributed by atoms with Crippen molar-refractivity contribution in [3.05, 3.63) is 40.6 Å². The van der Waals surface area contributed by atoms with Crippen molar-refractivity contribution < 1.29 is 19.1 Å². The highest BCUT2D eigenvalue weighted by Crippen LogP contribution is 2.38. The third-order valence-corrected chi connectivity index (χ3v) is 5.46. The fourth-order valence-electron chi connectivity index (χ4n) is 4.07. The van der Waals surface area contributed by atoms with E-state index < -0.39 is 0 Å². The van der Waals surface area contributed by atoms with Crippen LogP contribution in [0.25, 0.3) is 0 Å². The third-order valence-electron chi connectivity index (χ3n) is 5.46. The van der Waals surface area contributed by atoms with E-state index in [0.717, 1.165) is 12.0 Å². The molecule has 2 aliphatic rings. The SMILES string of the molecule is Cc1oc2c(c1C(=O)NC(c1cnn(C)c1)C1CC(O)C1)C(=O)CCC2. The van der Waals surface area contributed by atoms with Crippen LogP contribution in [0.15, 0.2) is 16.8 Å². The molecule has 2 aromatic rings. The largest absolute Gasteiger partial charge is 0.465 e. The van der Waals surface area contributed by atoms with Crippen LogP contribution in [-0.4, -0.2) is 32.7 Å². The Hall–Kier alpha value is -2.41. The number of rotatable bonds is 4. The van der Waals surface area contributed by atoms with Gasteiger partial charge in [0.2, 0.25) is 0 Å². The maximum Gasteiger partial charge on any atom is 0.256 e. The molecule has 7 nitrogen and oxygen atoms in total. The topological polar surface area (TPSA) is 97.4 Å². The standard InChI is InChI=1S/C19H23N3O4/c1-10-16(17-14(24)4-3-5-15(17)26-10)19(25)21-18(11-6-13(23)7-11)12-8-20-22(2)9-12/h8-9,11,13,18,23H,3-7H2,1-2H3,(H,21,25). The summed E-state index contributed by atoms with van der Waals surface area (Å²) in [6.07, 6.45) is 6.47. The quantitative estimate of drug-likeness (QED) is 0.873. The minimum Gasteiger partial charge on any atom is -0.465 e. The van der Waals surface area contributed by atoms with Crippen molar-refractivity contribution in [3.63, 3.8) is 0 Å². The third kappa shape index (κ3) is 2.86. The second kappa shape index (κ2) is 6.39. The van der Waals surface area contributed by atoms with Gasteiger partial charge in [0.25, 0.3) is 5.91 Å². The number of furan rings is 1. The van der Waals surface area contributed by atoms with Crippen molar-refractivity contribution in [1.82, 2.24) is 15.1 Å². The van der Waals surface area contributed by atoms with E-state index in [1.54, 1.807) is 17.8 Å². The van der Waals surface area contributed by atoms with Crippen LogP contribution >= 0.6 is 0 Å². The Balaban J connectivity index is 1.63. The number of aromatic nitrogens is 2. The number of aliphatic hydroxyl groups excluding tert-OH is 1. The molecule has 0 saturated heterocycles. The normalized spacial score (nSPS) is 23.3. The van der Waals surface area contributed by atoms with E-state index in [1.807, 2.05) is 13.2 Å². The van der Waals surface area contributed by atoms with E-state index in [9.17, 15) is 14.7 Å². The van der Waals surface area contributed by atoms with Crippen LogP contribution in [0.3, 0.4) is 0 Å². The maximum atomic E-state index is 13.0. The lowest BCUT2D eigenvalue weighted by molar-refractivity contribution is 0.0235. The summed E-state index contributed by atoms with van der Waals surface area (Å²) < 4.78 is 7.39. The molecule has 4 rings (SSSR count). The van der Waals surface area contributed by atoms with Crippen LogP contribution in [0.1, 0.15) is 69.5 Å². The summed E-state index contributed by atoms with van der Waals surface area (Å²) in [5.74, 6) is 0.947. The molecule has 1 saturated carbocycles. The molecule has 26 heavy (non-hydrogen) atoms. The molecule has 7 heteroatoms. The number of hydrogen-bond donors (Lipinski definition) is 2. The molecular weight excluding hydrogens is 334 g/mol. The predicted octanol–water partition coefficient (Wildman–Crippen LogP) is 2.08. The summed E-state index contributed by atoms with van der Waals surface area (Å²) in [6.45, 7) is 1.73. The highest BCUT2D eigenvalue weighted by atomic mass is 16.3. The zero-order valence-corrected chi connectivity index (χ0v) is 15.0. The Kier molecular flexibility index (Phi) is 4.19. The monoisotopic (exact) mass is 357 g/mol. The van der Waals surface area contributed by atoms with Crippen molar-refractivity contribution in [2.24, 2.45) is 13.0 Å². The van der Waals surface area contributed by atoms with E-state index in [-0.39, 0.29) is 29.8 Å². The zero-order valence-electron chi connectivity index (χ0n) is 15.0. The number of carbonyl (C=O) groups excluding carboxylic acids is 2. The van der Waals surface area contributed by atoms with Gasteiger partial charge in [-0.15, -0.1) is 0 Å². The molecule has 0 spiro atoms. The molecular formula is C19H23N3O4. The Morgan fingerprint density at radius 1 is 1.42 bits per heavy atom. The van der Waals surface area contributed by atoms with Gasteiger partial charge in [-0.3, -0.25) is 14.3 Å². The highest BCUT2D eigenvalue weighted by molar-refractivity contribution is 6.10. The second-order valence-corrected chi connectivity index (χ2v) is 7.39. The van der Waals surface area contributed by atoms with Gasteiger partial charge in [-0.1, -0.05) is 0 Å². The summed E-state index contributed by atoms with van der Waals surface area (Å²) in [4.78, 5) is 25.4. The van der Waals surface area contributed by atoms with Gasteiger partial charge in [-0.25, -0.2) is 0 Å². The Labute approximate surface area is 151 Å². The Morgan fingerprint density at radius 3 is 2.85 bits per heavy atom. The molecule has 138 valence electrons. The first-order valence-electron chi connectivity index (χ1n) is 9.07. The van der Waals surface area contributed by atoms with Crippen LogP contribution in [-0.2, 0) is 13.5 Å². The fourth-order valence-corrected chi connectivity index (χ4v) is 4.07. The highest BCUT2D eigenvalue weighted by Gasteiger charge is 2.38. The van der Waals surface area contributed by atoms with Crippen LogP contribution in [0.5, 0.6) is 0 Å². The van der Waals surface area contributed by atoms with Crippen molar-refractivity contribution in [3.8, 4) is 0 Å². The molecule has 2 heterocycles. The Morgan fingerprint density at radius 2 is 2.19 bits per heavy atom. The number of nitrogens with zero attached hydrogens (tertiary/aromatic N) is 2. The first-order chi connectivity index (χ1) is 12.4. The van der Waals surface area contributed by atoms with Crippen LogP contribution in [0, 0.1) is 12.8 Å². The molecule has 0 aromatic carbocycles. The van der Waals surface area contributed by atoms with Crippen LogP contribution in [0.4, 0.5) is 0 Å². The first-order valence-corrected chi connectivity index (χ1v) is 9.07. The number of amides is 1. The minimum atomic E-state index is -0.318. The molecule has 1 unspecified atom stereocenters. The molecule has 1 atom stereocenters. The van der Waals surface area contributed by atoms with E-state index in [1.165, 1.54) is 0 Å². The smallest absolute Gasteiger partial charge is 0.256 e. The van der Waals surface area contributed by atoms with E-state index in [0.29, 0.717) is 48.3 Å². The van der Waals surface area contributed by atoms with E-state index in [4.69, 9.17) is 4.42 Å². The fraction of sp³-hybridized carbons (Fsp3) is 0.526. The molecule has 2 N–H and O–H groups in total. The van der Waals surface area contributed by atoms with Crippen LogP contribution in [0.2, 0.25) is 0 Å². The van der Waals surface area contributed by atoms with Gasteiger partial charge < -0.3 is 14.8 Å². The van der Waals surface area contributed by atoms with Gasteiger partial charge in [0, 0.05) is 31.6 Å². The number of hydrogen-bond acceptors (Lipinski definition) is 5. The molecule has 0 radical (unpaired) electrons. The average Bonchev–Trinajstić information content (AvgIpc) is 3.13. The number of aliphatic hydroxyl groups is 1. The summed E-state index contributed by atoms with van der Waals surface area (Å²) in [5.41, 5.74) is 1.71. The summed E-state index contributed by atoms with van der Waals surface area (Å²) >= 11 is 0. The number of nitrogens with one attached hydrogen (secondary N) is 1.